The molecule has 1 saturated heterocycles. The molecule has 1 heterocycles. The van der Waals surface area contributed by atoms with E-state index in [0.717, 1.165) is 39.1 Å². The molecule has 1 rings (SSSR count). The van der Waals surface area contributed by atoms with Crippen LogP contribution in [-0.2, 0) is 18.9 Å². The van der Waals surface area contributed by atoms with Crippen molar-refractivity contribution in [3.05, 3.63) is 0 Å². The van der Waals surface area contributed by atoms with Gasteiger partial charge in [-0.15, -0.1) is 0 Å². The van der Waals surface area contributed by atoms with Crippen molar-refractivity contribution in [1.82, 2.24) is 5.32 Å². The van der Waals surface area contributed by atoms with Crippen LogP contribution in [0.15, 0.2) is 0 Å². The second-order valence-corrected chi connectivity index (χ2v) is 3.77. The second kappa shape index (κ2) is 9.99. The largest absolute Gasteiger partial charge is 0.382 e. The van der Waals surface area contributed by atoms with Gasteiger partial charge < -0.3 is 24.3 Å². The fourth-order valence-corrected chi connectivity index (χ4v) is 1.47. The van der Waals surface area contributed by atoms with Gasteiger partial charge in [0.25, 0.3) is 0 Å². The molecule has 5 nitrogen and oxygen atoms in total. The molecular formula is C11H23NO4. The summed E-state index contributed by atoms with van der Waals surface area (Å²) in [6.07, 6.45) is 2.31. The summed E-state index contributed by atoms with van der Waals surface area (Å²) in [4.78, 5) is 0. The number of rotatable bonds is 9. The standard InChI is InChI=1S/C11H23NO4/c1-13-7-8-14-5-2-4-12-9-11-3-6-15-10-16-11/h11-12H,2-10H2,1H3. The average Bonchev–Trinajstić information content (AvgIpc) is 2.34. The first-order valence-electron chi connectivity index (χ1n) is 5.90. The minimum atomic E-state index is 0.308. The summed E-state index contributed by atoms with van der Waals surface area (Å²) in [5, 5.41) is 3.35. The van der Waals surface area contributed by atoms with Crippen LogP contribution in [0, 0.1) is 0 Å². The summed E-state index contributed by atoms with van der Waals surface area (Å²) in [5.41, 5.74) is 0. The number of methoxy groups -OCH3 is 1. The molecule has 0 aromatic heterocycles. The Hall–Kier alpha value is -0.200. The van der Waals surface area contributed by atoms with Crippen LogP contribution in [0.25, 0.3) is 0 Å². The Bertz CT molecular complexity index is 151. The van der Waals surface area contributed by atoms with Crippen LogP contribution in [0.1, 0.15) is 12.8 Å². The molecule has 1 unspecified atom stereocenters. The predicted octanol–water partition coefficient (Wildman–Crippen LogP) is 0.392. The van der Waals surface area contributed by atoms with Gasteiger partial charge in [-0.3, -0.25) is 0 Å². The Morgan fingerprint density at radius 2 is 2.25 bits per heavy atom. The van der Waals surface area contributed by atoms with Gasteiger partial charge in [0, 0.05) is 20.3 Å². The molecule has 1 atom stereocenters. The van der Waals surface area contributed by atoms with Gasteiger partial charge in [-0.05, 0) is 19.4 Å². The summed E-state index contributed by atoms with van der Waals surface area (Å²) >= 11 is 0. The molecule has 0 amide bonds. The van der Waals surface area contributed by atoms with Gasteiger partial charge in [-0.2, -0.15) is 0 Å². The molecule has 0 aliphatic carbocycles. The summed E-state index contributed by atoms with van der Waals surface area (Å²) in [7, 11) is 1.68. The maximum atomic E-state index is 5.41. The summed E-state index contributed by atoms with van der Waals surface area (Å²) in [6.45, 7) is 5.25. The molecule has 0 bridgehead atoms. The number of hydrogen-bond donors (Lipinski definition) is 1. The molecule has 0 aromatic rings. The van der Waals surface area contributed by atoms with Crippen molar-refractivity contribution < 1.29 is 18.9 Å². The third-order valence-electron chi connectivity index (χ3n) is 2.42. The van der Waals surface area contributed by atoms with Crippen LogP contribution in [0.2, 0.25) is 0 Å². The first-order valence-corrected chi connectivity index (χ1v) is 5.90. The van der Waals surface area contributed by atoms with Crippen molar-refractivity contribution in [2.45, 2.75) is 18.9 Å². The fourth-order valence-electron chi connectivity index (χ4n) is 1.47. The van der Waals surface area contributed by atoms with Gasteiger partial charge in [-0.1, -0.05) is 0 Å². The van der Waals surface area contributed by atoms with Crippen molar-refractivity contribution in [3.8, 4) is 0 Å². The maximum absolute atomic E-state index is 5.41. The van der Waals surface area contributed by atoms with E-state index in [4.69, 9.17) is 18.9 Å². The van der Waals surface area contributed by atoms with E-state index >= 15 is 0 Å². The molecule has 0 saturated carbocycles. The van der Waals surface area contributed by atoms with E-state index in [9.17, 15) is 0 Å². The Labute approximate surface area is 97.4 Å². The lowest BCUT2D eigenvalue weighted by atomic mass is 10.2. The van der Waals surface area contributed by atoms with Crippen LogP contribution in [0.3, 0.4) is 0 Å². The lowest BCUT2D eigenvalue weighted by molar-refractivity contribution is -0.137. The van der Waals surface area contributed by atoms with E-state index in [-0.39, 0.29) is 0 Å². The average molecular weight is 233 g/mol. The van der Waals surface area contributed by atoms with E-state index in [0.29, 0.717) is 26.1 Å². The highest BCUT2D eigenvalue weighted by Crippen LogP contribution is 2.04. The van der Waals surface area contributed by atoms with Crippen LogP contribution in [0.4, 0.5) is 0 Å². The first kappa shape index (κ1) is 13.9. The maximum Gasteiger partial charge on any atom is 0.147 e. The van der Waals surface area contributed by atoms with Crippen LogP contribution >= 0.6 is 0 Å². The second-order valence-electron chi connectivity index (χ2n) is 3.77. The molecular weight excluding hydrogens is 210 g/mol. The Morgan fingerprint density at radius 1 is 1.31 bits per heavy atom. The van der Waals surface area contributed by atoms with E-state index in [2.05, 4.69) is 5.32 Å². The van der Waals surface area contributed by atoms with Crippen LogP contribution in [0.5, 0.6) is 0 Å². The molecule has 96 valence electrons. The van der Waals surface area contributed by atoms with Gasteiger partial charge in [-0.25, -0.2) is 0 Å². The van der Waals surface area contributed by atoms with Crippen molar-refractivity contribution in [3.63, 3.8) is 0 Å². The van der Waals surface area contributed by atoms with Crippen molar-refractivity contribution >= 4 is 0 Å². The summed E-state index contributed by atoms with van der Waals surface area (Å²) in [6, 6.07) is 0. The fraction of sp³-hybridized carbons (Fsp3) is 1.00. The minimum Gasteiger partial charge on any atom is -0.382 e. The molecule has 1 N–H and O–H groups in total. The van der Waals surface area contributed by atoms with Crippen LogP contribution < -0.4 is 5.32 Å². The Balaban J connectivity index is 1.77. The molecule has 0 aromatic carbocycles. The molecule has 0 spiro atoms. The molecule has 5 heteroatoms. The molecule has 1 aliphatic heterocycles. The van der Waals surface area contributed by atoms with Gasteiger partial charge >= 0.3 is 0 Å². The van der Waals surface area contributed by atoms with Gasteiger partial charge in [0.2, 0.25) is 0 Å². The molecule has 1 fully saturated rings. The van der Waals surface area contributed by atoms with Crippen LogP contribution in [-0.4, -0.2) is 59.5 Å². The number of ether oxygens (including phenoxy) is 4. The molecule has 16 heavy (non-hydrogen) atoms. The third kappa shape index (κ3) is 7.14. The van der Waals surface area contributed by atoms with Gasteiger partial charge in [0.1, 0.15) is 6.79 Å². The lowest BCUT2D eigenvalue weighted by Crippen LogP contribution is -2.34. The van der Waals surface area contributed by atoms with E-state index < -0.39 is 0 Å². The zero-order valence-corrected chi connectivity index (χ0v) is 10.1. The smallest absolute Gasteiger partial charge is 0.147 e. The highest BCUT2D eigenvalue weighted by molar-refractivity contribution is 4.63. The highest BCUT2D eigenvalue weighted by atomic mass is 16.7. The van der Waals surface area contributed by atoms with Gasteiger partial charge in [0.15, 0.2) is 0 Å². The normalized spacial score (nSPS) is 21.2. The van der Waals surface area contributed by atoms with Crippen molar-refractivity contribution in [2.75, 3.05) is 53.4 Å². The van der Waals surface area contributed by atoms with Gasteiger partial charge in [0.05, 0.1) is 25.9 Å². The zero-order valence-electron chi connectivity index (χ0n) is 10.1. The van der Waals surface area contributed by atoms with Crippen molar-refractivity contribution in [1.29, 1.82) is 0 Å². The Morgan fingerprint density at radius 3 is 3.00 bits per heavy atom. The van der Waals surface area contributed by atoms with E-state index in [1.165, 1.54) is 0 Å². The van der Waals surface area contributed by atoms with Crippen molar-refractivity contribution in [2.24, 2.45) is 0 Å². The minimum absolute atomic E-state index is 0.308. The Kier molecular flexibility index (Phi) is 8.65. The SMILES string of the molecule is COCCOCCCNCC1CCOCO1. The highest BCUT2D eigenvalue weighted by Gasteiger charge is 2.12. The van der Waals surface area contributed by atoms with E-state index in [1.54, 1.807) is 7.11 Å². The first-order chi connectivity index (χ1) is 7.93. The third-order valence-corrected chi connectivity index (χ3v) is 2.42. The summed E-state index contributed by atoms with van der Waals surface area (Å²) in [5.74, 6) is 0. The number of nitrogens with one attached hydrogen (secondary N) is 1. The quantitative estimate of drug-likeness (QED) is 0.584. The zero-order chi connectivity index (χ0) is 11.5. The summed E-state index contributed by atoms with van der Waals surface area (Å²) < 4.78 is 20.7. The molecule has 1 aliphatic rings. The predicted molar refractivity (Wildman–Crippen MR) is 60.5 cm³/mol. The monoisotopic (exact) mass is 233 g/mol. The lowest BCUT2D eigenvalue weighted by Gasteiger charge is -2.22. The topological polar surface area (TPSA) is 49.0 Å². The number of hydrogen-bond acceptors (Lipinski definition) is 5. The van der Waals surface area contributed by atoms with E-state index in [1.807, 2.05) is 0 Å². The molecule has 0 radical (unpaired) electrons.